The molecule has 0 saturated carbocycles. The lowest BCUT2D eigenvalue weighted by atomic mass is 10.2. The van der Waals surface area contributed by atoms with Gasteiger partial charge in [-0.3, -0.25) is 10.1 Å². The fraction of sp³-hybridized carbons (Fsp3) is 0.414. The third kappa shape index (κ3) is 8.43. The van der Waals surface area contributed by atoms with Crippen molar-refractivity contribution < 1.29 is 37.0 Å². The van der Waals surface area contributed by atoms with Gasteiger partial charge >= 0.3 is 6.09 Å². The lowest BCUT2D eigenvalue weighted by Crippen LogP contribution is -2.39. The maximum Gasteiger partial charge on any atom is 0.410 e. The highest BCUT2D eigenvalue weighted by molar-refractivity contribution is 7.90. The van der Waals surface area contributed by atoms with E-state index in [1.807, 2.05) is 27.7 Å². The van der Waals surface area contributed by atoms with Crippen molar-refractivity contribution >= 4 is 38.3 Å². The number of methoxy groups -OCH3 is 1. The van der Waals surface area contributed by atoms with Crippen LogP contribution in [0.15, 0.2) is 47.4 Å². The summed E-state index contributed by atoms with van der Waals surface area (Å²) in [6.45, 7) is 8.47. The van der Waals surface area contributed by atoms with Gasteiger partial charge in [-0.15, -0.1) is 0 Å². The van der Waals surface area contributed by atoms with Gasteiger partial charge in [-0.25, -0.2) is 18.2 Å². The van der Waals surface area contributed by atoms with Gasteiger partial charge in [0.15, 0.2) is 15.0 Å². The third-order valence-electron chi connectivity index (χ3n) is 5.97. The summed E-state index contributed by atoms with van der Waals surface area (Å²) in [6, 6.07) is 10.8. The summed E-state index contributed by atoms with van der Waals surface area (Å²) in [7, 11) is -1.78. The Kier molecular flexibility index (Phi) is 9.43. The van der Waals surface area contributed by atoms with Crippen LogP contribution in [0.1, 0.15) is 48.6 Å². The molecule has 0 radical (unpaired) electrons. The van der Waals surface area contributed by atoms with Gasteiger partial charge in [0.2, 0.25) is 0 Å². The standard InChI is InChI=1S/C29H35N3O8S2/c1-18(17-37-5)38-21-13-19(14-22(15-21)39-20-7-9-23(10-8-20)42(6,35)36)26(33)31-27-30-24-11-12-32(16-25(24)41-27)28(34)40-29(2,3)4/h7-10,13-15,18H,11-12,16-17H2,1-6H3,(H,30,31,33). The number of amides is 2. The summed E-state index contributed by atoms with van der Waals surface area (Å²) in [5, 5.41) is 3.26. The number of anilines is 1. The summed E-state index contributed by atoms with van der Waals surface area (Å²) in [5.41, 5.74) is 0.511. The van der Waals surface area contributed by atoms with Crippen LogP contribution in [0.4, 0.5) is 9.93 Å². The molecule has 11 nitrogen and oxygen atoms in total. The quantitative estimate of drug-likeness (QED) is 0.340. The number of carbonyl (C=O) groups excluding carboxylic acids is 2. The van der Waals surface area contributed by atoms with Gasteiger partial charge in [0.25, 0.3) is 5.91 Å². The third-order valence-corrected chi connectivity index (χ3v) is 8.10. The van der Waals surface area contributed by atoms with Crippen LogP contribution in [0, 0.1) is 0 Å². The second-order valence-corrected chi connectivity index (χ2v) is 14.0. The van der Waals surface area contributed by atoms with Crippen LogP contribution in [0.25, 0.3) is 0 Å². The van der Waals surface area contributed by atoms with Gasteiger partial charge in [0.1, 0.15) is 29.0 Å². The molecule has 1 aliphatic heterocycles. The minimum Gasteiger partial charge on any atom is -0.488 e. The highest BCUT2D eigenvalue weighted by atomic mass is 32.2. The first kappa shape index (κ1) is 31.3. The van der Waals surface area contributed by atoms with Crippen molar-refractivity contribution in [2.75, 3.05) is 31.8 Å². The highest BCUT2D eigenvalue weighted by Gasteiger charge is 2.28. The van der Waals surface area contributed by atoms with Crippen LogP contribution in [-0.2, 0) is 32.3 Å². The van der Waals surface area contributed by atoms with Gasteiger partial charge in [-0.05, 0) is 64.1 Å². The molecule has 0 saturated heterocycles. The van der Waals surface area contributed by atoms with E-state index in [0.29, 0.717) is 48.5 Å². The Hall–Kier alpha value is -3.68. The van der Waals surface area contributed by atoms with Crippen molar-refractivity contribution in [2.45, 2.75) is 57.3 Å². The Bertz CT molecular complexity index is 1550. The fourth-order valence-electron chi connectivity index (χ4n) is 4.12. The largest absolute Gasteiger partial charge is 0.488 e. The average Bonchev–Trinajstić information content (AvgIpc) is 3.29. The Morgan fingerprint density at radius 1 is 1.10 bits per heavy atom. The molecule has 226 valence electrons. The van der Waals surface area contributed by atoms with Crippen molar-refractivity contribution in [1.29, 1.82) is 0 Å². The molecule has 2 heterocycles. The smallest absolute Gasteiger partial charge is 0.410 e. The number of rotatable bonds is 9. The number of aromatic nitrogens is 1. The molecule has 2 aromatic carbocycles. The summed E-state index contributed by atoms with van der Waals surface area (Å²) >= 11 is 1.31. The Labute approximate surface area is 249 Å². The number of fused-ring (bicyclic) bond motifs is 1. The first-order valence-corrected chi connectivity index (χ1v) is 16.0. The van der Waals surface area contributed by atoms with Crippen molar-refractivity contribution in [3.63, 3.8) is 0 Å². The monoisotopic (exact) mass is 617 g/mol. The van der Waals surface area contributed by atoms with Crippen LogP contribution in [0.5, 0.6) is 17.2 Å². The summed E-state index contributed by atoms with van der Waals surface area (Å²) in [5.74, 6) is 0.674. The minimum atomic E-state index is -3.35. The van der Waals surface area contributed by atoms with Crippen molar-refractivity contribution in [1.82, 2.24) is 9.88 Å². The van der Waals surface area contributed by atoms with Crippen molar-refractivity contribution in [3.05, 3.63) is 58.6 Å². The number of thiazole rings is 1. The Morgan fingerprint density at radius 3 is 2.43 bits per heavy atom. The number of nitrogens with one attached hydrogen (secondary N) is 1. The average molecular weight is 618 g/mol. The molecule has 1 atom stereocenters. The summed E-state index contributed by atoms with van der Waals surface area (Å²) in [6.07, 6.45) is 1.00. The highest BCUT2D eigenvalue weighted by Crippen LogP contribution is 2.32. The molecule has 1 aromatic heterocycles. The van der Waals surface area contributed by atoms with E-state index < -0.39 is 21.3 Å². The normalized spacial score (nSPS) is 14.1. The predicted molar refractivity (Wildman–Crippen MR) is 158 cm³/mol. The maximum atomic E-state index is 13.3. The van der Waals surface area contributed by atoms with Crippen LogP contribution in [-0.4, -0.2) is 68.5 Å². The molecule has 2 amide bonds. The summed E-state index contributed by atoms with van der Waals surface area (Å²) in [4.78, 5) is 33.1. The Balaban J connectivity index is 1.53. The molecule has 42 heavy (non-hydrogen) atoms. The van der Waals surface area contributed by atoms with Crippen LogP contribution in [0.2, 0.25) is 0 Å². The summed E-state index contributed by atoms with van der Waals surface area (Å²) < 4.78 is 46.1. The molecule has 0 aliphatic carbocycles. The van der Waals surface area contributed by atoms with Gasteiger partial charge < -0.3 is 23.8 Å². The number of nitrogens with zero attached hydrogens (tertiary/aromatic N) is 2. The van der Waals surface area contributed by atoms with Gasteiger partial charge in [0.05, 0.1) is 23.7 Å². The first-order valence-electron chi connectivity index (χ1n) is 13.3. The minimum absolute atomic E-state index is 0.167. The van der Waals surface area contributed by atoms with E-state index in [-0.39, 0.29) is 22.7 Å². The van der Waals surface area contributed by atoms with E-state index in [0.717, 1.165) is 16.8 Å². The van der Waals surface area contributed by atoms with E-state index in [2.05, 4.69) is 10.3 Å². The zero-order chi connectivity index (χ0) is 30.7. The van der Waals surface area contributed by atoms with E-state index >= 15 is 0 Å². The molecule has 1 N–H and O–H groups in total. The molecule has 0 bridgehead atoms. The maximum absolute atomic E-state index is 13.3. The van der Waals surface area contributed by atoms with E-state index in [1.165, 1.54) is 35.6 Å². The lowest BCUT2D eigenvalue weighted by molar-refractivity contribution is 0.0225. The number of hydrogen-bond donors (Lipinski definition) is 1. The van der Waals surface area contributed by atoms with E-state index in [9.17, 15) is 18.0 Å². The molecule has 13 heteroatoms. The predicted octanol–water partition coefficient (Wildman–Crippen LogP) is 5.30. The number of ether oxygens (including phenoxy) is 4. The second-order valence-electron chi connectivity index (χ2n) is 10.9. The fourth-order valence-corrected chi connectivity index (χ4v) is 5.77. The molecule has 1 aliphatic rings. The first-order chi connectivity index (χ1) is 19.7. The molecular weight excluding hydrogens is 582 g/mol. The van der Waals surface area contributed by atoms with Crippen LogP contribution in [0.3, 0.4) is 0 Å². The molecule has 3 aromatic rings. The van der Waals surface area contributed by atoms with Crippen molar-refractivity contribution in [2.24, 2.45) is 0 Å². The molecular formula is C29H35N3O8S2. The molecule has 0 spiro atoms. The number of sulfone groups is 1. The Morgan fingerprint density at radius 2 is 1.79 bits per heavy atom. The lowest BCUT2D eigenvalue weighted by Gasteiger charge is -2.29. The van der Waals surface area contributed by atoms with Gasteiger partial charge in [0, 0.05) is 42.8 Å². The van der Waals surface area contributed by atoms with E-state index in [1.54, 1.807) is 30.2 Å². The zero-order valence-corrected chi connectivity index (χ0v) is 26.1. The van der Waals surface area contributed by atoms with Crippen LogP contribution >= 0.6 is 11.3 Å². The molecule has 0 fully saturated rings. The number of benzene rings is 2. The van der Waals surface area contributed by atoms with Gasteiger partial charge in [-0.1, -0.05) is 11.3 Å². The number of hydrogen-bond acceptors (Lipinski definition) is 10. The second kappa shape index (κ2) is 12.7. The topological polar surface area (TPSA) is 133 Å². The van der Waals surface area contributed by atoms with E-state index in [4.69, 9.17) is 18.9 Å². The van der Waals surface area contributed by atoms with Crippen molar-refractivity contribution in [3.8, 4) is 17.2 Å². The molecule has 1 unspecified atom stereocenters. The molecule has 4 rings (SSSR count). The van der Waals surface area contributed by atoms with Crippen LogP contribution < -0.4 is 14.8 Å². The number of carbonyl (C=O) groups is 2. The van der Waals surface area contributed by atoms with Gasteiger partial charge in [-0.2, -0.15) is 0 Å². The zero-order valence-electron chi connectivity index (χ0n) is 24.4. The SMILES string of the molecule is COCC(C)Oc1cc(Oc2ccc(S(C)(=O)=O)cc2)cc(C(=O)Nc2nc3c(s2)CN(C(=O)OC(C)(C)C)CC3)c1.